The third-order valence-electron chi connectivity index (χ3n) is 10.0. The van der Waals surface area contributed by atoms with Crippen molar-refractivity contribution in [3.8, 4) is 11.1 Å². The number of carbonyl (C=O) groups excluding carboxylic acids is 4. The number of hydrogen-bond acceptors (Lipinski definition) is 6. The van der Waals surface area contributed by atoms with E-state index >= 15 is 0 Å². The molecule has 0 unspecified atom stereocenters. The van der Waals surface area contributed by atoms with Crippen molar-refractivity contribution in [3.63, 3.8) is 0 Å². The molecule has 0 saturated carbocycles. The highest BCUT2D eigenvalue weighted by Gasteiger charge is 2.38. The van der Waals surface area contributed by atoms with E-state index in [-0.39, 0.29) is 37.9 Å². The molecular formula is C46H47N3O6. The highest BCUT2D eigenvalue weighted by atomic mass is 16.5. The Morgan fingerprint density at radius 1 is 0.655 bits per heavy atom. The maximum atomic E-state index is 14.1. The maximum Gasteiger partial charge on any atom is 0.407 e. The SMILES string of the molecule is CCCCOC(=O)[C@H](C)NC(=O)[C@H](CCC(=O)NC(c1ccccc1)(c1ccccc1)c1ccccc1)NC(=O)OCC1c2ccccc2-c2ccccc21. The molecule has 3 amide bonds. The predicted octanol–water partition coefficient (Wildman–Crippen LogP) is 7.63. The van der Waals surface area contributed by atoms with Crippen LogP contribution in [-0.4, -0.2) is 49.2 Å². The first-order valence-electron chi connectivity index (χ1n) is 18.9. The Bertz CT molecular complexity index is 1930. The molecule has 0 bridgehead atoms. The third-order valence-corrected chi connectivity index (χ3v) is 10.0. The Hall–Kier alpha value is -6.22. The van der Waals surface area contributed by atoms with Gasteiger partial charge in [-0.3, -0.25) is 9.59 Å². The Balaban J connectivity index is 1.21. The first-order valence-corrected chi connectivity index (χ1v) is 18.9. The number of nitrogens with one attached hydrogen (secondary N) is 3. The lowest BCUT2D eigenvalue weighted by Crippen LogP contribution is -2.52. The Labute approximate surface area is 322 Å². The van der Waals surface area contributed by atoms with Crippen LogP contribution in [0.3, 0.4) is 0 Å². The quantitative estimate of drug-likeness (QED) is 0.0544. The number of benzene rings is 5. The molecular weight excluding hydrogens is 691 g/mol. The van der Waals surface area contributed by atoms with Crippen LogP contribution >= 0.6 is 0 Å². The molecule has 5 aromatic carbocycles. The average molecular weight is 738 g/mol. The lowest BCUT2D eigenvalue weighted by atomic mass is 9.77. The first-order chi connectivity index (χ1) is 26.8. The second kappa shape index (κ2) is 18.2. The summed E-state index contributed by atoms with van der Waals surface area (Å²) in [7, 11) is 0. The molecule has 0 aliphatic heterocycles. The van der Waals surface area contributed by atoms with Gasteiger partial charge in [0, 0.05) is 12.3 Å². The number of unbranched alkanes of at least 4 members (excludes halogenated alkanes) is 1. The van der Waals surface area contributed by atoms with Gasteiger partial charge in [0.25, 0.3) is 0 Å². The molecule has 0 spiro atoms. The smallest absolute Gasteiger partial charge is 0.407 e. The molecule has 6 rings (SSSR count). The van der Waals surface area contributed by atoms with Gasteiger partial charge in [0.15, 0.2) is 0 Å². The highest BCUT2D eigenvalue weighted by molar-refractivity contribution is 5.90. The van der Waals surface area contributed by atoms with E-state index in [9.17, 15) is 19.2 Å². The minimum absolute atomic E-state index is 0.0442. The van der Waals surface area contributed by atoms with Crippen molar-refractivity contribution in [2.45, 2.75) is 63.1 Å². The molecule has 282 valence electrons. The highest BCUT2D eigenvalue weighted by Crippen LogP contribution is 2.44. The van der Waals surface area contributed by atoms with Gasteiger partial charge in [-0.1, -0.05) is 153 Å². The third kappa shape index (κ3) is 8.95. The van der Waals surface area contributed by atoms with Crippen LogP contribution in [0, 0.1) is 0 Å². The molecule has 0 fully saturated rings. The molecule has 2 atom stereocenters. The Morgan fingerprint density at radius 3 is 1.65 bits per heavy atom. The molecule has 55 heavy (non-hydrogen) atoms. The summed E-state index contributed by atoms with van der Waals surface area (Å²) in [5, 5.41) is 8.67. The molecule has 3 N–H and O–H groups in total. The monoisotopic (exact) mass is 737 g/mol. The second-order valence-corrected chi connectivity index (χ2v) is 13.7. The van der Waals surface area contributed by atoms with E-state index in [0.717, 1.165) is 45.4 Å². The van der Waals surface area contributed by atoms with E-state index in [0.29, 0.717) is 6.42 Å². The van der Waals surface area contributed by atoms with Gasteiger partial charge in [-0.05, 0) is 58.7 Å². The molecule has 1 aliphatic rings. The lowest BCUT2D eigenvalue weighted by Gasteiger charge is -2.37. The molecule has 9 heteroatoms. The van der Waals surface area contributed by atoms with Crippen molar-refractivity contribution in [2.75, 3.05) is 13.2 Å². The van der Waals surface area contributed by atoms with Crippen LogP contribution in [0.1, 0.15) is 73.3 Å². The molecule has 0 aromatic heterocycles. The van der Waals surface area contributed by atoms with E-state index < -0.39 is 35.6 Å². The summed E-state index contributed by atoms with van der Waals surface area (Å²) in [4.78, 5) is 54.0. The first kappa shape index (κ1) is 38.5. The van der Waals surface area contributed by atoms with Crippen LogP contribution in [-0.2, 0) is 29.4 Å². The minimum atomic E-state index is -1.20. The van der Waals surface area contributed by atoms with Crippen LogP contribution in [0.4, 0.5) is 4.79 Å². The fraction of sp³-hybridized carbons (Fsp3) is 0.261. The van der Waals surface area contributed by atoms with Gasteiger partial charge in [-0.15, -0.1) is 0 Å². The van der Waals surface area contributed by atoms with Gasteiger partial charge in [0.05, 0.1) is 6.61 Å². The van der Waals surface area contributed by atoms with Gasteiger partial charge in [-0.2, -0.15) is 0 Å². The molecule has 0 heterocycles. The summed E-state index contributed by atoms with van der Waals surface area (Å²) in [6, 6.07) is 43.0. The Morgan fingerprint density at radius 2 is 1.15 bits per heavy atom. The molecule has 9 nitrogen and oxygen atoms in total. The fourth-order valence-electron chi connectivity index (χ4n) is 7.19. The fourth-order valence-corrected chi connectivity index (χ4v) is 7.19. The van der Waals surface area contributed by atoms with Crippen molar-refractivity contribution in [1.82, 2.24) is 16.0 Å². The van der Waals surface area contributed by atoms with Crippen molar-refractivity contribution in [1.29, 1.82) is 0 Å². The van der Waals surface area contributed by atoms with Crippen LogP contribution in [0.25, 0.3) is 11.1 Å². The van der Waals surface area contributed by atoms with Crippen LogP contribution in [0.2, 0.25) is 0 Å². The zero-order valence-corrected chi connectivity index (χ0v) is 31.2. The standard InChI is InChI=1S/C46H47N3O6/c1-3-4-30-54-44(52)32(2)47-43(51)41(48-45(53)55-31-40-38-26-16-14-24-36(38)37-25-15-17-27-39(37)40)28-29-42(50)49-46(33-18-8-5-9-19-33,34-20-10-6-11-21-34)35-22-12-7-13-23-35/h5-27,32,40-41H,3-4,28-31H2,1-2H3,(H,47,51)(H,48,53)(H,49,50)/t32-,41-/m0/s1. The van der Waals surface area contributed by atoms with E-state index in [2.05, 4.69) is 28.1 Å². The van der Waals surface area contributed by atoms with Crippen LogP contribution < -0.4 is 16.0 Å². The number of fused-ring (bicyclic) bond motifs is 3. The van der Waals surface area contributed by atoms with E-state index in [1.54, 1.807) is 0 Å². The van der Waals surface area contributed by atoms with Crippen molar-refractivity contribution < 1.29 is 28.7 Å². The number of ether oxygens (including phenoxy) is 2. The lowest BCUT2D eigenvalue weighted by molar-refractivity contribution is -0.147. The zero-order chi connectivity index (χ0) is 38.6. The van der Waals surface area contributed by atoms with Crippen molar-refractivity contribution in [3.05, 3.63) is 167 Å². The van der Waals surface area contributed by atoms with Crippen LogP contribution in [0.15, 0.2) is 140 Å². The molecule has 0 saturated heterocycles. The van der Waals surface area contributed by atoms with E-state index in [4.69, 9.17) is 9.47 Å². The summed E-state index contributed by atoms with van der Waals surface area (Å²) in [5.74, 6) is -1.76. The zero-order valence-electron chi connectivity index (χ0n) is 31.2. The van der Waals surface area contributed by atoms with Gasteiger partial charge >= 0.3 is 12.1 Å². The normalized spacial score (nSPS) is 13.1. The number of rotatable bonds is 16. The summed E-state index contributed by atoms with van der Waals surface area (Å²) in [5.41, 5.74) is 5.77. The number of alkyl carbamates (subject to hydrolysis) is 1. The van der Waals surface area contributed by atoms with Gasteiger partial charge < -0.3 is 25.4 Å². The van der Waals surface area contributed by atoms with E-state index in [1.807, 2.05) is 134 Å². The average Bonchev–Trinajstić information content (AvgIpc) is 3.55. The summed E-state index contributed by atoms with van der Waals surface area (Å²) >= 11 is 0. The van der Waals surface area contributed by atoms with Gasteiger partial charge in [0.2, 0.25) is 11.8 Å². The summed E-state index contributed by atoms with van der Waals surface area (Å²) in [6.07, 6.45) is 0.527. The maximum absolute atomic E-state index is 14.1. The molecule has 1 aliphatic carbocycles. The topological polar surface area (TPSA) is 123 Å². The number of carbonyl (C=O) groups is 4. The van der Waals surface area contributed by atoms with Crippen LogP contribution in [0.5, 0.6) is 0 Å². The number of esters is 1. The predicted molar refractivity (Wildman–Crippen MR) is 212 cm³/mol. The minimum Gasteiger partial charge on any atom is -0.464 e. The largest absolute Gasteiger partial charge is 0.464 e. The summed E-state index contributed by atoms with van der Waals surface area (Å²) < 4.78 is 11.1. The Kier molecular flexibility index (Phi) is 12.7. The number of hydrogen-bond donors (Lipinski definition) is 3. The van der Waals surface area contributed by atoms with Crippen molar-refractivity contribution >= 4 is 23.9 Å². The van der Waals surface area contributed by atoms with Gasteiger partial charge in [-0.25, -0.2) is 9.59 Å². The second-order valence-electron chi connectivity index (χ2n) is 13.7. The van der Waals surface area contributed by atoms with Gasteiger partial charge in [0.1, 0.15) is 24.2 Å². The van der Waals surface area contributed by atoms with E-state index in [1.165, 1.54) is 6.92 Å². The number of amides is 3. The van der Waals surface area contributed by atoms with Crippen molar-refractivity contribution in [2.24, 2.45) is 0 Å². The molecule has 5 aromatic rings. The molecule has 0 radical (unpaired) electrons. The summed E-state index contributed by atoms with van der Waals surface area (Å²) in [6.45, 7) is 3.79.